The number of rotatable bonds is 2. The maximum absolute atomic E-state index is 6.29. The third-order valence-electron chi connectivity index (χ3n) is 4.85. The van der Waals surface area contributed by atoms with Crippen LogP contribution in [0.3, 0.4) is 0 Å². The molecule has 2 N–H and O–H groups in total. The summed E-state index contributed by atoms with van der Waals surface area (Å²) in [7, 11) is 1.83. The molecule has 0 saturated carbocycles. The summed E-state index contributed by atoms with van der Waals surface area (Å²) in [5.41, 5.74) is 9.04. The summed E-state index contributed by atoms with van der Waals surface area (Å²) in [4.78, 5) is 2.57. The summed E-state index contributed by atoms with van der Waals surface area (Å²) < 4.78 is 5.71. The second-order valence-corrected chi connectivity index (χ2v) is 6.21. The predicted molar refractivity (Wildman–Crippen MR) is 76.9 cm³/mol. The Morgan fingerprint density at radius 3 is 2.79 bits per heavy atom. The molecule has 0 spiro atoms. The minimum atomic E-state index is -0.000120. The van der Waals surface area contributed by atoms with Gasteiger partial charge in [-0.15, -0.1) is 0 Å². The molecule has 0 amide bonds. The van der Waals surface area contributed by atoms with Crippen LogP contribution >= 0.6 is 0 Å². The summed E-state index contributed by atoms with van der Waals surface area (Å²) in [6, 6.07) is 9.31. The zero-order valence-corrected chi connectivity index (χ0v) is 11.9. The third-order valence-corrected chi connectivity index (χ3v) is 4.85. The zero-order valence-electron chi connectivity index (χ0n) is 11.9. The van der Waals surface area contributed by atoms with Crippen molar-refractivity contribution in [1.29, 1.82) is 0 Å². The van der Waals surface area contributed by atoms with Gasteiger partial charge in [-0.25, -0.2) is 0 Å². The van der Waals surface area contributed by atoms with Crippen LogP contribution in [0, 0.1) is 0 Å². The molecule has 1 fully saturated rings. The molecule has 3 nitrogen and oxygen atoms in total. The molecule has 0 aromatic heterocycles. The average molecular weight is 260 g/mol. The van der Waals surface area contributed by atoms with Gasteiger partial charge in [-0.05, 0) is 43.9 Å². The van der Waals surface area contributed by atoms with Crippen molar-refractivity contribution in [1.82, 2.24) is 4.90 Å². The van der Waals surface area contributed by atoms with Crippen LogP contribution in [0.25, 0.3) is 0 Å². The third kappa shape index (κ3) is 2.31. The summed E-state index contributed by atoms with van der Waals surface area (Å²) in [6.07, 6.45) is 3.40. The number of hydrogen-bond acceptors (Lipinski definition) is 3. The Morgan fingerprint density at radius 1 is 1.32 bits per heavy atom. The second kappa shape index (κ2) is 4.89. The Kier molecular flexibility index (Phi) is 3.37. The Labute approximate surface area is 115 Å². The molecule has 19 heavy (non-hydrogen) atoms. The normalized spacial score (nSPS) is 35.3. The van der Waals surface area contributed by atoms with Gasteiger partial charge in [-0.1, -0.05) is 24.3 Å². The van der Waals surface area contributed by atoms with Gasteiger partial charge >= 0.3 is 0 Å². The summed E-state index contributed by atoms with van der Waals surface area (Å²) in [6.45, 7) is 4.39. The highest BCUT2D eigenvalue weighted by atomic mass is 16.5. The fourth-order valence-corrected chi connectivity index (χ4v) is 3.67. The number of likely N-dealkylation sites (tertiary alicyclic amines) is 1. The van der Waals surface area contributed by atoms with Crippen LogP contribution in [0.5, 0.6) is 0 Å². The van der Waals surface area contributed by atoms with Gasteiger partial charge in [0.15, 0.2) is 0 Å². The maximum atomic E-state index is 6.29. The maximum Gasteiger partial charge on any atom is 0.0777 e. The molecule has 3 heteroatoms. The van der Waals surface area contributed by atoms with E-state index in [1.807, 2.05) is 7.11 Å². The lowest BCUT2D eigenvalue weighted by atomic mass is 9.92. The lowest BCUT2D eigenvalue weighted by Crippen LogP contribution is -2.48. The summed E-state index contributed by atoms with van der Waals surface area (Å²) in [5.74, 6) is 0. The number of piperidine rings is 1. The molecule has 3 rings (SSSR count). The lowest BCUT2D eigenvalue weighted by molar-refractivity contribution is -0.0619. The van der Waals surface area contributed by atoms with Gasteiger partial charge in [-0.2, -0.15) is 0 Å². The number of ether oxygens (including phenoxy) is 1. The highest BCUT2D eigenvalue weighted by Gasteiger charge is 2.38. The SMILES string of the molecule is COC1(C)CCCN(C2CC(N)c3ccccc32)C1. The van der Waals surface area contributed by atoms with Gasteiger partial charge in [-0.3, -0.25) is 4.90 Å². The van der Waals surface area contributed by atoms with E-state index < -0.39 is 0 Å². The molecule has 1 heterocycles. The van der Waals surface area contributed by atoms with Gasteiger partial charge in [0.1, 0.15) is 0 Å². The van der Waals surface area contributed by atoms with Crippen LogP contribution in [0.4, 0.5) is 0 Å². The molecule has 0 bridgehead atoms. The van der Waals surface area contributed by atoms with Gasteiger partial charge in [0.2, 0.25) is 0 Å². The van der Waals surface area contributed by atoms with E-state index in [2.05, 4.69) is 36.1 Å². The van der Waals surface area contributed by atoms with Crippen LogP contribution in [0.1, 0.15) is 49.4 Å². The number of hydrogen-bond donors (Lipinski definition) is 1. The standard InChI is InChI=1S/C16H24N2O/c1-16(19-2)8-5-9-18(11-16)15-10-14(17)12-6-3-4-7-13(12)15/h3-4,6-7,14-15H,5,8-11,17H2,1-2H3. The smallest absolute Gasteiger partial charge is 0.0777 e. The molecule has 1 aromatic carbocycles. The molecular formula is C16H24N2O. The first-order valence-electron chi connectivity index (χ1n) is 7.26. The minimum Gasteiger partial charge on any atom is -0.377 e. The number of fused-ring (bicyclic) bond motifs is 1. The molecule has 3 atom stereocenters. The second-order valence-electron chi connectivity index (χ2n) is 6.21. The fraction of sp³-hybridized carbons (Fsp3) is 0.625. The number of benzene rings is 1. The Bertz CT molecular complexity index is 462. The van der Waals surface area contributed by atoms with Crippen LogP contribution in [-0.2, 0) is 4.74 Å². The fourth-order valence-electron chi connectivity index (χ4n) is 3.67. The highest BCUT2D eigenvalue weighted by Crippen LogP contribution is 2.42. The van der Waals surface area contributed by atoms with Crippen molar-refractivity contribution in [2.24, 2.45) is 5.73 Å². The van der Waals surface area contributed by atoms with E-state index in [1.54, 1.807) is 0 Å². The molecule has 2 aliphatic rings. The Balaban J connectivity index is 1.84. The molecule has 104 valence electrons. The van der Waals surface area contributed by atoms with Crippen molar-refractivity contribution < 1.29 is 4.74 Å². The van der Waals surface area contributed by atoms with Crippen molar-refractivity contribution in [3.63, 3.8) is 0 Å². The summed E-state index contributed by atoms with van der Waals surface area (Å²) in [5, 5.41) is 0. The Morgan fingerprint density at radius 2 is 2.05 bits per heavy atom. The van der Waals surface area contributed by atoms with E-state index in [1.165, 1.54) is 17.5 Å². The predicted octanol–water partition coefficient (Wildman–Crippen LogP) is 2.63. The van der Waals surface area contributed by atoms with E-state index in [0.29, 0.717) is 6.04 Å². The van der Waals surface area contributed by atoms with Crippen LogP contribution < -0.4 is 5.73 Å². The van der Waals surface area contributed by atoms with Crippen molar-refractivity contribution in [3.8, 4) is 0 Å². The van der Waals surface area contributed by atoms with Crippen LogP contribution in [0.15, 0.2) is 24.3 Å². The van der Waals surface area contributed by atoms with Gasteiger partial charge in [0.25, 0.3) is 0 Å². The monoisotopic (exact) mass is 260 g/mol. The van der Waals surface area contributed by atoms with Gasteiger partial charge < -0.3 is 10.5 Å². The summed E-state index contributed by atoms with van der Waals surface area (Å²) >= 11 is 0. The molecule has 3 unspecified atom stereocenters. The highest BCUT2D eigenvalue weighted by molar-refractivity contribution is 5.37. The van der Waals surface area contributed by atoms with E-state index in [9.17, 15) is 0 Å². The molecular weight excluding hydrogens is 236 g/mol. The number of nitrogens with zero attached hydrogens (tertiary/aromatic N) is 1. The van der Waals surface area contributed by atoms with Crippen molar-refractivity contribution in [2.75, 3.05) is 20.2 Å². The van der Waals surface area contributed by atoms with Crippen LogP contribution in [0.2, 0.25) is 0 Å². The first-order valence-corrected chi connectivity index (χ1v) is 7.26. The Hall–Kier alpha value is -0.900. The van der Waals surface area contributed by atoms with Gasteiger partial charge in [0.05, 0.1) is 5.60 Å². The molecule has 1 aliphatic carbocycles. The zero-order chi connectivity index (χ0) is 13.5. The first kappa shape index (κ1) is 13.1. The lowest BCUT2D eigenvalue weighted by Gasteiger charge is -2.42. The molecule has 1 saturated heterocycles. The topological polar surface area (TPSA) is 38.5 Å². The van der Waals surface area contributed by atoms with E-state index in [0.717, 1.165) is 25.9 Å². The van der Waals surface area contributed by atoms with E-state index >= 15 is 0 Å². The molecule has 0 radical (unpaired) electrons. The van der Waals surface area contributed by atoms with Crippen LogP contribution in [-0.4, -0.2) is 30.7 Å². The number of nitrogens with two attached hydrogens (primary N) is 1. The van der Waals surface area contributed by atoms with Crippen molar-refractivity contribution in [2.45, 2.75) is 43.9 Å². The van der Waals surface area contributed by atoms with Crippen molar-refractivity contribution >= 4 is 0 Å². The van der Waals surface area contributed by atoms with E-state index in [4.69, 9.17) is 10.5 Å². The molecule has 1 aliphatic heterocycles. The molecule has 1 aromatic rings. The van der Waals surface area contributed by atoms with Gasteiger partial charge in [0, 0.05) is 25.7 Å². The average Bonchev–Trinajstić information content (AvgIpc) is 2.77. The van der Waals surface area contributed by atoms with E-state index in [-0.39, 0.29) is 11.6 Å². The first-order chi connectivity index (χ1) is 9.13. The number of methoxy groups -OCH3 is 1. The quantitative estimate of drug-likeness (QED) is 0.888. The largest absolute Gasteiger partial charge is 0.377 e. The van der Waals surface area contributed by atoms with Crippen molar-refractivity contribution in [3.05, 3.63) is 35.4 Å². The minimum absolute atomic E-state index is 0.000120.